The smallest absolute Gasteiger partial charge is 0.126 e. The summed E-state index contributed by atoms with van der Waals surface area (Å²) in [6.07, 6.45) is 2.80. The molecule has 0 radical (unpaired) electrons. The molecule has 0 amide bonds. The predicted octanol–water partition coefficient (Wildman–Crippen LogP) is 3.39. The van der Waals surface area contributed by atoms with Crippen LogP contribution in [0.25, 0.3) is 0 Å². The Hall–Kier alpha value is -1.36. The van der Waals surface area contributed by atoms with Crippen LogP contribution in [0.15, 0.2) is 12.1 Å². The molecule has 0 aromatic heterocycles. The van der Waals surface area contributed by atoms with E-state index in [2.05, 4.69) is 6.07 Å². The van der Waals surface area contributed by atoms with Crippen molar-refractivity contribution in [2.45, 2.75) is 38.5 Å². The fourth-order valence-electron chi connectivity index (χ4n) is 2.09. The summed E-state index contributed by atoms with van der Waals surface area (Å²) in [7, 11) is 0. The van der Waals surface area contributed by atoms with Gasteiger partial charge < -0.3 is 0 Å². The summed E-state index contributed by atoms with van der Waals surface area (Å²) in [6.45, 7) is 3.67. The molecule has 15 heavy (non-hydrogen) atoms. The molecule has 1 nitrogen and oxygen atoms in total. The van der Waals surface area contributed by atoms with Gasteiger partial charge in [-0.2, -0.15) is 5.26 Å². The Kier molecular flexibility index (Phi) is 2.26. The van der Waals surface area contributed by atoms with Gasteiger partial charge in [0.05, 0.1) is 11.5 Å². The molecule has 0 heterocycles. The van der Waals surface area contributed by atoms with Crippen LogP contribution in [0, 0.1) is 31.0 Å². The molecule has 78 valence electrons. The Balaban J connectivity index is 2.51. The molecule has 0 aliphatic heterocycles. The van der Waals surface area contributed by atoms with Crippen LogP contribution in [0.5, 0.6) is 0 Å². The van der Waals surface area contributed by atoms with Gasteiger partial charge in [0.2, 0.25) is 0 Å². The number of halogens is 1. The first-order valence-electron chi connectivity index (χ1n) is 5.27. The van der Waals surface area contributed by atoms with Crippen molar-refractivity contribution in [2.75, 3.05) is 0 Å². The third-order valence-corrected chi connectivity index (χ3v) is 3.58. The van der Waals surface area contributed by atoms with E-state index in [1.165, 1.54) is 6.07 Å². The van der Waals surface area contributed by atoms with Gasteiger partial charge in [-0.3, -0.25) is 0 Å². The lowest BCUT2D eigenvalue weighted by molar-refractivity contribution is 0.322. The van der Waals surface area contributed by atoms with Crippen LogP contribution in [0.2, 0.25) is 0 Å². The lowest BCUT2D eigenvalue weighted by Gasteiger charge is -2.36. The lowest BCUT2D eigenvalue weighted by Crippen LogP contribution is -2.32. The van der Waals surface area contributed by atoms with Gasteiger partial charge in [-0.25, -0.2) is 4.39 Å². The second-order valence-electron chi connectivity index (χ2n) is 4.45. The number of nitrogens with zero attached hydrogens (tertiary/aromatic N) is 1. The maximum atomic E-state index is 13.6. The highest BCUT2D eigenvalue weighted by Crippen LogP contribution is 2.43. The van der Waals surface area contributed by atoms with E-state index in [1.54, 1.807) is 6.92 Å². The van der Waals surface area contributed by atoms with Crippen molar-refractivity contribution in [3.63, 3.8) is 0 Å². The molecule has 0 spiro atoms. The molecule has 0 N–H and O–H groups in total. The molecule has 0 saturated heterocycles. The van der Waals surface area contributed by atoms with E-state index in [0.29, 0.717) is 5.56 Å². The zero-order chi connectivity index (χ0) is 11.1. The molecule has 0 unspecified atom stereocenters. The molecule has 0 bridgehead atoms. The van der Waals surface area contributed by atoms with Crippen LogP contribution < -0.4 is 0 Å². The van der Waals surface area contributed by atoms with Gasteiger partial charge in [0.1, 0.15) is 5.82 Å². The highest BCUT2D eigenvalue weighted by Gasteiger charge is 2.39. The van der Waals surface area contributed by atoms with Crippen molar-refractivity contribution in [2.24, 2.45) is 0 Å². The van der Waals surface area contributed by atoms with Gasteiger partial charge >= 0.3 is 0 Å². The summed E-state index contributed by atoms with van der Waals surface area (Å²) in [5.74, 6) is -0.188. The Bertz CT molecular complexity index is 415. The number of hydrogen-bond donors (Lipinski definition) is 0. The van der Waals surface area contributed by atoms with Crippen molar-refractivity contribution in [1.29, 1.82) is 5.26 Å². The quantitative estimate of drug-likeness (QED) is 0.686. The van der Waals surface area contributed by atoms with Gasteiger partial charge in [0.15, 0.2) is 0 Å². The third-order valence-electron chi connectivity index (χ3n) is 3.58. The van der Waals surface area contributed by atoms with E-state index >= 15 is 0 Å². The normalized spacial score (nSPS) is 18.0. The summed E-state index contributed by atoms with van der Waals surface area (Å²) >= 11 is 0. The van der Waals surface area contributed by atoms with Crippen LogP contribution in [-0.4, -0.2) is 0 Å². The van der Waals surface area contributed by atoms with Crippen LogP contribution in [-0.2, 0) is 5.41 Å². The standard InChI is InChI=1S/C13H14FN/c1-9-6-11(7-12(14)10(9)2)13(8-15)4-3-5-13/h6-7H,3-5H2,1-2H3. The number of nitriles is 1. The molecule has 0 atom stereocenters. The van der Waals surface area contributed by atoms with Crippen molar-refractivity contribution in [1.82, 2.24) is 0 Å². The minimum absolute atomic E-state index is 0.188. The molecule has 1 aliphatic rings. The van der Waals surface area contributed by atoms with Crippen LogP contribution in [0.4, 0.5) is 4.39 Å². The van der Waals surface area contributed by atoms with Crippen molar-refractivity contribution in [3.8, 4) is 6.07 Å². The third kappa shape index (κ3) is 1.43. The fraction of sp³-hybridized carbons (Fsp3) is 0.462. The van der Waals surface area contributed by atoms with Crippen molar-refractivity contribution in [3.05, 3.63) is 34.6 Å². The van der Waals surface area contributed by atoms with Gasteiger partial charge in [0.25, 0.3) is 0 Å². The first-order chi connectivity index (χ1) is 7.09. The molecule has 1 saturated carbocycles. The Morgan fingerprint density at radius 1 is 1.33 bits per heavy atom. The molecule has 2 heteroatoms. The summed E-state index contributed by atoms with van der Waals surface area (Å²) in [4.78, 5) is 0. The van der Waals surface area contributed by atoms with E-state index in [9.17, 15) is 4.39 Å². The van der Waals surface area contributed by atoms with E-state index in [1.807, 2.05) is 13.0 Å². The summed E-state index contributed by atoms with van der Waals surface area (Å²) in [6, 6.07) is 5.83. The van der Waals surface area contributed by atoms with Crippen LogP contribution >= 0.6 is 0 Å². The van der Waals surface area contributed by atoms with Gasteiger partial charge in [-0.1, -0.05) is 6.07 Å². The van der Waals surface area contributed by atoms with E-state index in [-0.39, 0.29) is 5.82 Å². The number of aryl methyl sites for hydroxylation is 1. The van der Waals surface area contributed by atoms with E-state index in [0.717, 1.165) is 30.4 Å². The van der Waals surface area contributed by atoms with Gasteiger partial charge in [0, 0.05) is 0 Å². The molecular formula is C13H14FN. The van der Waals surface area contributed by atoms with Crippen LogP contribution in [0.3, 0.4) is 0 Å². The zero-order valence-electron chi connectivity index (χ0n) is 9.10. The Morgan fingerprint density at radius 2 is 2.00 bits per heavy atom. The summed E-state index contributed by atoms with van der Waals surface area (Å²) in [5.41, 5.74) is 2.08. The SMILES string of the molecule is Cc1cc(C2(C#N)CCC2)cc(F)c1C. The minimum atomic E-state index is -0.403. The van der Waals surface area contributed by atoms with Gasteiger partial charge in [-0.05, 0) is 55.9 Å². The minimum Gasteiger partial charge on any atom is -0.207 e. The maximum Gasteiger partial charge on any atom is 0.126 e. The highest BCUT2D eigenvalue weighted by atomic mass is 19.1. The van der Waals surface area contributed by atoms with E-state index < -0.39 is 5.41 Å². The molecule has 2 rings (SSSR count). The van der Waals surface area contributed by atoms with E-state index in [4.69, 9.17) is 5.26 Å². The summed E-state index contributed by atoms with van der Waals surface area (Å²) in [5, 5.41) is 9.17. The Labute approximate surface area is 89.5 Å². The van der Waals surface area contributed by atoms with Crippen molar-refractivity contribution >= 4 is 0 Å². The molecule has 1 aromatic carbocycles. The monoisotopic (exact) mass is 203 g/mol. The van der Waals surface area contributed by atoms with Crippen molar-refractivity contribution < 1.29 is 4.39 Å². The topological polar surface area (TPSA) is 23.8 Å². The number of rotatable bonds is 1. The second-order valence-corrected chi connectivity index (χ2v) is 4.45. The molecule has 1 fully saturated rings. The second kappa shape index (κ2) is 3.34. The molecule has 1 aromatic rings. The largest absolute Gasteiger partial charge is 0.207 e. The van der Waals surface area contributed by atoms with Gasteiger partial charge in [-0.15, -0.1) is 0 Å². The highest BCUT2D eigenvalue weighted by molar-refractivity contribution is 5.41. The lowest BCUT2D eigenvalue weighted by atomic mass is 9.65. The molecular weight excluding hydrogens is 189 g/mol. The zero-order valence-corrected chi connectivity index (χ0v) is 9.10. The number of hydrogen-bond acceptors (Lipinski definition) is 1. The Morgan fingerprint density at radius 3 is 2.40 bits per heavy atom. The first kappa shape index (κ1) is 10.2. The van der Waals surface area contributed by atoms with Crippen LogP contribution in [0.1, 0.15) is 36.0 Å². The number of benzene rings is 1. The predicted molar refractivity (Wildman–Crippen MR) is 57.0 cm³/mol. The summed E-state index contributed by atoms with van der Waals surface area (Å²) < 4.78 is 13.6. The maximum absolute atomic E-state index is 13.6. The average molecular weight is 203 g/mol. The average Bonchev–Trinajstić information content (AvgIpc) is 2.13. The first-order valence-corrected chi connectivity index (χ1v) is 5.27. The molecule has 1 aliphatic carbocycles. The fourth-order valence-corrected chi connectivity index (χ4v) is 2.09.